The molecule has 0 atom stereocenters. The molecular formula is C20H22N2O3. The molecule has 0 spiro atoms. The molecule has 1 amide bonds. The molecule has 2 aromatic carbocycles. The lowest BCUT2D eigenvalue weighted by atomic mass is 9.95. The molecule has 0 radical (unpaired) electrons. The van der Waals surface area contributed by atoms with Crippen molar-refractivity contribution >= 4 is 17.3 Å². The van der Waals surface area contributed by atoms with Gasteiger partial charge in [0.1, 0.15) is 13.2 Å². The third kappa shape index (κ3) is 3.55. The van der Waals surface area contributed by atoms with Gasteiger partial charge in [0.2, 0.25) is 5.91 Å². The second-order valence-corrected chi connectivity index (χ2v) is 6.44. The van der Waals surface area contributed by atoms with Gasteiger partial charge in [-0.05, 0) is 37.1 Å². The van der Waals surface area contributed by atoms with Crippen LogP contribution in [0.15, 0.2) is 48.5 Å². The SMILES string of the molecule is O=C(Nc1ccc2c(c1)OCCO2)C1CCN(c2ccccc2)CC1. The van der Waals surface area contributed by atoms with Gasteiger partial charge in [-0.15, -0.1) is 0 Å². The standard InChI is InChI=1S/C20H22N2O3/c23-20(21-16-6-7-18-19(14-16)25-13-12-24-18)15-8-10-22(11-9-15)17-4-2-1-3-5-17/h1-7,14-15H,8-13H2,(H,21,23). The molecule has 2 aliphatic rings. The van der Waals surface area contributed by atoms with Gasteiger partial charge in [-0.25, -0.2) is 0 Å². The van der Waals surface area contributed by atoms with Crippen LogP contribution in [0.4, 0.5) is 11.4 Å². The van der Waals surface area contributed by atoms with Crippen molar-refractivity contribution in [1.82, 2.24) is 0 Å². The molecule has 0 saturated carbocycles. The average Bonchev–Trinajstić information content (AvgIpc) is 2.69. The normalized spacial score (nSPS) is 17.2. The van der Waals surface area contributed by atoms with Gasteiger partial charge in [-0.3, -0.25) is 4.79 Å². The van der Waals surface area contributed by atoms with E-state index in [2.05, 4.69) is 34.5 Å². The first-order valence-corrected chi connectivity index (χ1v) is 8.80. The first kappa shape index (κ1) is 15.8. The highest BCUT2D eigenvalue weighted by Gasteiger charge is 2.25. The number of carbonyl (C=O) groups is 1. The maximum absolute atomic E-state index is 12.6. The monoisotopic (exact) mass is 338 g/mol. The summed E-state index contributed by atoms with van der Waals surface area (Å²) in [5.74, 6) is 1.57. The summed E-state index contributed by atoms with van der Waals surface area (Å²) in [7, 11) is 0. The number of amides is 1. The Kier molecular flexibility index (Phi) is 4.46. The molecule has 2 aromatic rings. The molecule has 1 fully saturated rings. The Labute approximate surface area is 147 Å². The minimum Gasteiger partial charge on any atom is -0.486 e. The van der Waals surface area contributed by atoms with Crippen molar-refractivity contribution in [1.29, 1.82) is 0 Å². The van der Waals surface area contributed by atoms with Crippen LogP contribution in [0.2, 0.25) is 0 Å². The highest BCUT2D eigenvalue weighted by Crippen LogP contribution is 2.33. The lowest BCUT2D eigenvalue weighted by Crippen LogP contribution is -2.38. The molecule has 0 bridgehead atoms. The number of anilines is 2. The van der Waals surface area contributed by atoms with Crippen LogP contribution in [0.3, 0.4) is 0 Å². The Bertz CT molecular complexity index is 740. The fourth-order valence-corrected chi connectivity index (χ4v) is 3.40. The molecule has 2 aliphatic heterocycles. The molecule has 4 rings (SSSR count). The van der Waals surface area contributed by atoms with Gasteiger partial charge < -0.3 is 19.7 Å². The van der Waals surface area contributed by atoms with E-state index in [0.717, 1.165) is 37.4 Å². The van der Waals surface area contributed by atoms with Crippen molar-refractivity contribution in [3.05, 3.63) is 48.5 Å². The van der Waals surface area contributed by atoms with Crippen molar-refractivity contribution in [3.8, 4) is 11.5 Å². The summed E-state index contributed by atoms with van der Waals surface area (Å²) < 4.78 is 11.1. The summed E-state index contributed by atoms with van der Waals surface area (Å²) in [6.45, 7) is 2.92. The summed E-state index contributed by atoms with van der Waals surface area (Å²) in [5.41, 5.74) is 1.99. The van der Waals surface area contributed by atoms with Gasteiger partial charge in [-0.1, -0.05) is 18.2 Å². The lowest BCUT2D eigenvalue weighted by molar-refractivity contribution is -0.120. The van der Waals surface area contributed by atoms with Crippen LogP contribution < -0.4 is 19.7 Å². The summed E-state index contributed by atoms with van der Waals surface area (Å²) in [4.78, 5) is 14.9. The van der Waals surface area contributed by atoms with E-state index in [1.54, 1.807) is 0 Å². The second-order valence-electron chi connectivity index (χ2n) is 6.44. The molecule has 0 aliphatic carbocycles. The van der Waals surface area contributed by atoms with Crippen LogP contribution >= 0.6 is 0 Å². The zero-order chi connectivity index (χ0) is 17.1. The summed E-state index contributed by atoms with van der Waals surface area (Å²) in [5, 5.41) is 3.02. The van der Waals surface area contributed by atoms with E-state index in [1.165, 1.54) is 5.69 Å². The number of fused-ring (bicyclic) bond motifs is 1. The highest BCUT2D eigenvalue weighted by molar-refractivity contribution is 5.93. The van der Waals surface area contributed by atoms with Crippen LogP contribution in [0, 0.1) is 5.92 Å². The van der Waals surface area contributed by atoms with Gasteiger partial charge in [0, 0.05) is 36.4 Å². The zero-order valence-corrected chi connectivity index (χ0v) is 14.1. The number of para-hydroxylation sites is 1. The molecule has 5 nitrogen and oxygen atoms in total. The van der Waals surface area contributed by atoms with E-state index in [9.17, 15) is 4.79 Å². The largest absolute Gasteiger partial charge is 0.486 e. The topological polar surface area (TPSA) is 50.8 Å². The Morgan fingerprint density at radius 1 is 0.960 bits per heavy atom. The maximum atomic E-state index is 12.6. The van der Waals surface area contributed by atoms with Gasteiger partial charge >= 0.3 is 0 Å². The minimum absolute atomic E-state index is 0.0492. The molecule has 1 saturated heterocycles. The lowest BCUT2D eigenvalue weighted by Gasteiger charge is -2.33. The number of hydrogen-bond acceptors (Lipinski definition) is 4. The van der Waals surface area contributed by atoms with E-state index in [1.807, 2.05) is 24.3 Å². The van der Waals surface area contributed by atoms with Crippen molar-refractivity contribution in [2.75, 3.05) is 36.5 Å². The van der Waals surface area contributed by atoms with Crippen LogP contribution in [0.1, 0.15) is 12.8 Å². The number of benzene rings is 2. The molecule has 25 heavy (non-hydrogen) atoms. The smallest absolute Gasteiger partial charge is 0.227 e. The first-order valence-electron chi connectivity index (χ1n) is 8.80. The Balaban J connectivity index is 1.35. The summed E-state index contributed by atoms with van der Waals surface area (Å²) in [6.07, 6.45) is 1.73. The van der Waals surface area contributed by atoms with Crippen LogP contribution in [0.5, 0.6) is 11.5 Å². The number of ether oxygens (including phenoxy) is 2. The Hall–Kier alpha value is -2.69. The molecule has 130 valence electrons. The van der Waals surface area contributed by atoms with Gasteiger partial charge in [0.15, 0.2) is 11.5 Å². The average molecular weight is 338 g/mol. The van der Waals surface area contributed by atoms with E-state index in [4.69, 9.17) is 9.47 Å². The van der Waals surface area contributed by atoms with E-state index in [0.29, 0.717) is 19.0 Å². The molecular weight excluding hydrogens is 316 g/mol. The van der Waals surface area contributed by atoms with Gasteiger partial charge in [-0.2, -0.15) is 0 Å². The third-order valence-electron chi connectivity index (χ3n) is 4.80. The summed E-state index contributed by atoms with van der Waals surface area (Å²) in [6, 6.07) is 15.9. The molecule has 0 unspecified atom stereocenters. The van der Waals surface area contributed by atoms with Crippen molar-refractivity contribution in [2.24, 2.45) is 5.92 Å². The Morgan fingerprint density at radius 2 is 1.68 bits per heavy atom. The number of hydrogen-bond donors (Lipinski definition) is 1. The van der Waals surface area contributed by atoms with Crippen LogP contribution in [-0.2, 0) is 4.79 Å². The molecule has 5 heteroatoms. The van der Waals surface area contributed by atoms with Gasteiger partial charge in [0.25, 0.3) is 0 Å². The van der Waals surface area contributed by atoms with Crippen LogP contribution in [-0.4, -0.2) is 32.2 Å². The van der Waals surface area contributed by atoms with Crippen molar-refractivity contribution in [2.45, 2.75) is 12.8 Å². The molecule has 2 heterocycles. The van der Waals surface area contributed by atoms with Crippen molar-refractivity contribution < 1.29 is 14.3 Å². The van der Waals surface area contributed by atoms with E-state index < -0.39 is 0 Å². The predicted molar refractivity (Wildman–Crippen MR) is 97.4 cm³/mol. The fourth-order valence-electron chi connectivity index (χ4n) is 3.40. The third-order valence-corrected chi connectivity index (χ3v) is 4.80. The van der Waals surface area contributed by atoms with Crippen molar-refractivity contribution in [3.63, 3.8) is 0 Å². The Morgan fingerprint density at radius 3 is 2.44 bits per heavy atom. The number of rotatable bonds is 3. The van der Waals surface area contributed by atoms with E-state index >= 15 is 0 Å². The predicted octanol–water partition coefficient (Wildman–Crippen LogP) is 3.31. The van der Waals surface area contributed by atoms with Gasteiger partial charge in [0.05, 0.1) is 0 Å². The van der Waals surface area contributed by atoms with E-state index in [-0.39, 0.29) is 11.8 Å². The summed E-state index contributed by atoms with van der Waals surface area (Å²) >= 11 is 0. The second kappa shape index (κ2) is 7.05. The minimum atomic E-state index is 0.0492. The number of nitrogens with zero attached hydrogens (tertiary/aromatic N) is 1. The number of nitrogens with one attached hydrogen (secondary N) is 1. The molecule has 0 aromatic heterocycles. The first-order chi connectivity index (χ1) is 12.3. The molecule has 1 N–H and O–H groups in total. The maximum Gasteiger partial charge on any atom is 0.227 e. The number of piperidine rings is 1. The quantitative estimate of drug-likeness (QED) is 0.933. The highest BCUT2D eigenvalue weighted by atomic mass is 16.6. The fraction of sp³-hybridized carbons (Fsp3) is 0.350. The van der Waals surface area contributed by atoms with Crippen LogP contribution in [0.25, 0.3) is 0 Å². The number of carbonyl (C=O) groups excluding carboxylic acids is 1. The zero-order valence-electron chi connectivity index (χ0n) is 14.1.